The van der Waals surface area contributed by atoms with E-state index >= 15 is 0 Å². The number of rotatable bonds is 3. The van der Waals surface area contributed by atoms with E-state index in [1.807, 2.05) is 0 Å². The topological polar surface area (TPSA) is 58.6 Å². The minimum atomic E-state index is -0.937. The first-order valence-corrected chi connectivity index (χ1v) is 4.70. The molecule has 84 valence electrons. The zero-order valence-corrected chi connectivity index (χ0v) is 9.18. The Bertz CT molecular complexity index is 171. The Kier molecular flexibility index (Phi) is 6.87. The molecule has 0 amide bonds. The van der Waals surface area contributed by atoms with Crippen LogP contribution in [0.3, 0.4) is 0 Å². The third-order valence-corrected chi connectivity index (χ3v) is 2.49. The van der Waals surface area contributed by atoms with Gasteiger partial charge in [-0.05, 0) is 38.3 Å². The summed E-state index contributed by atoms with van der Waals surface area (Å²) in [6.45, 7) is 1.97. The molecule has 1 heterocycles. The summed E-state index contributed by atoms with van der Waals surface area (Å²) in [4.78, 5) is 10.9. The maximum Gasteiger partial charge on any atom is 0.334 e. The van der Waals surface area contributed by atoms with E-state index in [4.69, 9.17) is 0 Å². The number of methoxy groups -OCH3 is 1. The highest BCUT2D eigenvalue weighted by molar-refractivity contribution is 5.85. The van der Waals surface area contributed by atoms with Crippen molar-refractivity contribution in [2.45, 2.75) is 25.4 Å². The molecule has 14 heavy (non-hydrogen) atoms. The summed E-state index contributed by atoms with van der Waals surface area (Å²) in [5.41, 5.74) is 0. The third kappa shape index (κ3) is 4.26. The number of hydrogen-bond acceptors (Lipinski definition) is 4. The highest BCUT2D eigenvalue weighted by Crippen LogP contribution is 2.18. The van der Waals surface area contributed by atoms with Crippen LogP contribution in [0, 0.1) is 5.92 Å². The second-order valence-electron chi connectivity index (χ2n) is 3.47. The van der Waals surface area contributed by atoms with Crippen LogP contribution in [0.15, 0.2) is 0 Å². The summed E-state index contributed by atoms with van der Waals surface area (Å²) in [6.07, 6.45) is 1.67. The van der Waals surface area contributed by atoms with Crippen LogP contribution in [0.25, 0.3) is 0 Å². The number of aliphatic hydroxyl groups is 1. The van der Waals surface area contributed by atoms with Crippen LogP contribution in [-0.4, -0.2) is 37.4 Å². The van der Waals surface area contributed by atoms with Gasteiger partial charge in [-0.25, -0.2) is 4.79 Å². The van der Waals surface area contributed by atoms with Crippen LogP contribution < -0.4 is 5.32 Å². The van der Waals surface area contributed by atoms with Gasteiger partial charge in [-0.1, -0.05) is 0 Å². The van der Waals surface area contributed by atoms with Gasteiger partial charge in [0.2, 0.25) is 0 Å². The lowest BCUT2D eigenvalue weighted by atomic mass is 9.92. The van der Waals surface area contributed by atoms with E-state index in [1.54, 1.807) is 0 Å². The zero-order valence-electron chi connectivity index (χ0n) is 8.36. The Morgan fingerprint density at radius 1 is 1.57 bits per heavy atom. The summed E-state index contributed by atoms with van der Waals surface area (Å²) in [5.74, 6) is -0.0612. The fourth-order valence-corrected chi connectivity index (χ4v) is 1.67. The van der Waals surface area contributed by atoms with Crippen molar-refractivity contribution < 1.29 is 14.6 Å². The molecule has 0 radical (unpaired) electrons. The highest BCUT2D eigenvalue weighted by atomic mass is 35.5. The maximum absolute atomic E-state index is 10.9. The first-order chi connectivity index (χ1) is 6.24. The van der Waals surface area contributed by atoms with Gasteiger partial charge in [-0.15, -0.1) is 12.4 Å². The van der Waals surface area contributed by atoms with Gasteiger partial charge in [0.15, 0.2) is 6.10 Å². The minimum absolute atomic E-state index is 0. The highest BCUT2D eigenvalue weighted by Gasteiger charge is 2.22. The standard InChI is InChI=1S/C9H17NO3.ClH/c1-13-9(12)8(11)6-7-2-4-10-5-3-7;/h7-8,10-11H,2-6H2,1H3;1H. The molecule has 2 N–H and O–H groups in total. The number of aliphatic hydroxyl groups excluding tert-OH is 1. The molecule has 0 aliphatic carbocycles. The number of halogens is 1. The number of hydrogen-bond donors (Lipinski definition) is 2. The predicted octanol–water partition coefficient (Wildman–Crippen LogP) is 0.332. The number of esters is 1. The van der Waals surface area contributed by atoms with E-state index in [2.05, 4.69) is 10.1 Å². The average molecular weight is 224 g/mol. The van der Waals surface area contributed by atoms with Gasteiger partial charge < -0.3 is 15.2 Å². The largest absolute Gasteiger partial charge is 0.467 e. The molecule has 0 spiro atoms. The smallest absolute Gasteiger partial charge is 0.334 e. The summed E-state index contributed by atoms with van der Waals surface area (Å²) in [7, 11) is 1.30. The van der Waals surface area contributed by atoms with Gasteiger partial charge in [0.25, 0.3) is 0 Å². The molecule has 1 aliphatic heterocycles. The van der Waals surface area contributed by atoms with Crippen LogP contribution >= 0.6 is 12.4 Å². The molecule has 1 aliphatic rings. The van der Waals surface area contributed by atoms with Crippen molar-refractivity contribution in [3.05, 3.63) is 0 Å². The van der Waals surface area contributed by atoms with Crippen molar-refractivity contribution in [1.29, 1.82) is 0 Å². The van der Waals surface area contributed by atoms with Crippen molar-refractivity contribution in [3.8, 4) is 0 Å². The van der Waals surface area contributed by atoms with Crippen molar-refractivity contribution >= 4 is 18.4 Å². The van der Waals surface area contributed by atoms with Crippen LogP contribution in [0.4, 0.5) is 0 Å². The normalized spacial score (nSPS) is 19.6. The molecule has 0 aromatic rings. The zero-order chi connectivity index (χ0) is 9.68. The minimum Gasteiger partial charge on any atom is -0.467 e. The molecule has 0 aromatic heterocycles. The van der Waals surface area contributed by atoms with Crippen LogP contribution in [0.2, 0.25) is 0 Å². The quantitative estimate of drug-likeness (QED) is 0.678. The number of carbonyl (C=O) groups excluding carboxylic acids is 1. The van der Waals surface area contributed by atoms with E-state index in [-0.39, 0.29) is 12.4 Å². The molecule has 0 aromatic carbocycles. The second-order valence-corrected chi connectivity index (χ2v) is 3.47. The van der Waals surface area contributed by atoms with Gasteiger partial charge in [0.1, 0.15) is 0 Å². The predicted molar refractivity (Wildman–Crippen MR) is 55.5 cm³/mol. The Morgan fingerprint density at radius 2 is 2.14 bits per heavy atom. The molecule has 1 atom stereocenters. The summed E-state index contributed by atoms with van der Waals surface area (Å²) in [6, 6.07) is 0. The lowest BCUT2D eigenvalue weighted by Crippen LogP contribution is -2.32. The third-order valence-electron chi connectivity index (χ3n) is 2.49. The van der Waals surface area contributed by atoms with Gasteiger partial charge in [0, 0.05) is 0 Å². The maximum atomic E-state index is 10.9. The fraction of sp³-hybridized carbons (Fsp3) is 0.889. The van der Waals surface area contributed by atoms with Gasteiger partial charge in [0.05, 0.1) is 7.11 Å². The molecule has 1 unspecified atom stereocenters. The lowest BCUT2D eigenvalue weighted by Gasteiger charge is -2.23. The van der Waals surface area contributed by atoms with E-state index in [9.17, 15) is 9.90 Å². The summed E-state index contributed by atoms with van der Waals surface area (Å²) >= 11 is 0. The SMILES string of the molecule is COC(=O)C(O)CC1CCNCC1.Cl. The average Bonchev–Trinajstić information content (AvgIpc) is 2.18. The fourth-order valence-electron chi connectivity index (χ4n) is 1.67. The van der Waals surface area contributed by atoms with E-state index < -0.39 is 12.1 Å². The lowest BCUT2D eigenvalue weighted by molar-refractivity contribution is -0.151. The monoisotopic (exact) mass is 223 g/mol. The molecule has 1 rings (SSSR count). The molecular formula is C9H18ClNO3. The molecular weight excluding hydrogens is 206 g/mol. The van der Waals surface area contributed by atoms with Crippen molar-refractivity contribution in [2.75, 3.05) is 20.2 Å². The van der Waals surface area contributed by atoms with Crippen molar-refractivity contribution in [3.63, 3.8) is 0 Å². The van der Waals surface area contributed by atoms with Crippen molar-refractivity contribution in [2.24, 2.45) is 5.92 Å². The number of piperidine rings is 1. The molecule has 5 heteroatoms. The Labute approximate surface area is 90.4 Å². The first-order valence-electron chi connectivity index (χ1n) is 4.70. The van der Waals surface area contributed by atoms with Crippen LogP contribution in [0.5, 0.6) is 0 Å². The molecule has 1 saturated heterocycles. The first kappa shape index (κ1) is 13.7. The van der Waals surface area contributed by atoms with E-state index in [0.717, 1.165) is 25.9 Å². The number of ether oxygens (including phenoxy) is 1. The van der Waals surface area contributed by atoms with Crippen LogP contribution in [-0.2, 0) is 9.53 Å². The number of carbonyl (C=O) groups is 1. The Hall–Kier alpha value is -0.320. The number of nitrogens with one attached hydrogen (secondary N) is 1. The molecule has 4 nitrogen and oxygen atoms in total. The molecule has 1 fully saturated rings. The molecule has 0 bridgehead atoms. The van der Waals surface area contributed by atoms with E-state index in [0.29, 0.717) is 12.3 Å². The van der Waals surface area contributed by atoms with E-state index in [1.165, 1.54) is 7.11 Å². The Balaban J connectivity index is 0.00000169. The van der Waals surface area contributed by atoms with Gasteiger partial charge in [-0.3, -0.25) is 0 Å². The van der Waals surface area contributed by atoms with Gasteiger partial charge in [-0.2, -0.15) is 0 Å². The van der Waals surface area contributed by atoms with Crippen LogP contribution in [0.1, 0.15) is 19.3 Å². The van der Waals surface area contributed by atoms with Gasteiger partial charge >= 0.3 is 5.97 Å². The second kappa shape index (κ2) is 7.04. The van der Waals surface area contributed by atoms with Crippen molar-refractivity contribution in [1.82, 2.24) is 5.32 Å². The Morgan fingerprint density at radius 3 is 2.64 bits per heavy atom. The summed E-state index contributed by atoms with van der Waals surface area (Å²) in [5, 5.41) is 12.6. The summed E-state index contributed by atoms with van der Waals surface area (Å²) < 4.78 is 4.45. The molecule has 0 saturated carbocycles.